The molecule has 7 nitrogen and oxygen atoms in total. The lowest BCUT2D eigenvalue weighted by molar-refractivity contribution is -0.140. The molecule has 1 aliphatic heterocycles. The summed E-state index contributed by atoms with van der Waals surface area (Å²) >= 11 is 6.03. The lowest BCUT2D eigenvalue weighted by Crippen LogP contribution is -2.32. The predicted octanol–water partition coefficient (Wildman–Crippen LogP) is 3.43. The number of hydrogen-bond donors (Lipinski definition) is 2. The van der Waals surface area contributed by atoms with Crippen LogP contribution in [-0.4, -0.2) is 66.0 Å². The van der Waals surface area contributed by atoms with Crippen LogP contribution in [0.25, 0.3) is 5.76 Å². The molecule has 0 aliphatic carbocycles. The van der Waals surface area contributed by atoms with Gasteiger partial charge in [0.1, 0.15) is 17.3 Å². The van der Waals surface area contributed by atoms with E-state index in [1.807, 2.05) is 19.0 Å². The van der Waals surface area contributed by atoms with Crippen LogP contribution < -0.4 is 4.74 Å². The van der Waals surface area contributed by atoms with Crippen molar-refractivity contribution in [1.29, 1.82) is 0 Å². The summed E-state index contributed by atoms with van der Waals surface area (Å²) in [6.45, 7) is 1.03. The quantitative estimate of drug-likeness (QED) is 0.386. The van der Waals surface area contributed by atoms with Gasteiger partial charge < -0.3 is 24.7 Å². The van der Waals surface area contributed by atoms with Crippen molar-refractivity contribution in [3.05, 3.63) is 64.2 Å². The maximum atomic E-state index is 13.0. The molecule has 2 aromatic rings. The molecule has 3 rings (SSSR count). The Hall–Kier alpha value is -3.03. The molecular formula is C23H25ClN2O5. The number of Topliss-reactive ketones (excluding diaryl/α,β-unsaturated/α-hetero) is 1. The van der Waals surface area contributed by atoms with E-state index in [1.54, 1.807) is 24.3 Å². The third kappa shape index (κ3) is 4.52. The molecule has 1 fully saturated rings. The number of aliphatic hydroxyl groups is 1. The zero-order valence-electron chi connectivity index (χ0n) is 17.6. The number of phenolic OH excluding ortho intramolecular Hbond substituents is 1. The van der Waals surface area contributed by atoms with E-state index in [0.29, 0.717) is 24.3 Å². The first-order chi connectivity index (χ1) is 14.8. The molecule has 0 saturated carbocycles. The molecule has 0 spiro atoms. The van der Waals surface area contributed by atoms with Gasteiger partial charge >= 0.3 is 0 Å². The summed E-state index contributed by atoms with van der Waals surface area (Å²) in [7, 11) is 5.35. The molecule has 2 aromatic carbocycles. The summed E-state index contributed by atoms with van der Waals surface area (Å²) in [5, 5.41) is 21.6. The molecule has 8 heteroatoms. The Balaban J connectivity index is 2.19. The van der Waals surface area contributed by atoms with Gasteiger partial charge in [-0.25, -0.2) is 0 Å². The fourth-order valence-corrected chi connectivity index (χ4v) is 3.90. The normalized spacial score (nSPS) is 18.1. The molecular weight excluding hydrogens is 420 g/mol. The summed E-state index contributed by atoms with van der Waals surface area (Å²) < 4.78 is 5.46. The first-order valence-electron chi connectivity index (χ1n) is 9.81. The lowest BCUT2D eigenvalue weighted by Gasteiger charge is -2.27. The van der Waals surface area contributed by atoms with Crippen LogP contribution in [0.4, 0.5) is 0 Å². The maximum Gasteiger partial charge on any atom is 0.295 e. The van der Waals surface area contributed by atoms with Crippen LogP contribution in [0.3, 0.4) is 0 Å². The van der Waals surface area contributed by atoms with Crippen LogP contribution in [-0.2, 0) is 9.59 Å². The van der Waals surface area contributed by atoms with Crippen LogP contribution in [0.1, 0.15) is 23.6 Å². The minimum Gasteiger partial charge on any atom is -0.507 e. The van der Waals surface area contributed by atoms with Crippen molar-refractivity contribution < 1.29 is 24.5 Å². The SMILES string of the molecule is COc1ccccc1[C@@H]1C(=C(O)c2cc(Cl)ccc2O)C(=O)C(=O)N1CCCN(C)C. The summed E-state index contributed by atoms with van der Waals surface area (Å²) in [5.41, 5.74) is 0.438. The molecule has 1 saturated heterocycles. The Labute approximate surface area is 186 Å². The second-order valence-corrected chi connectivity index (χ2v) is 7.99. The number of ketones is 1. The number of phenols is 1. The number of aromatic hydroxyl groups is 1. The number of carbonyl (C=O) groups excluding carboxylic acids is 2. The number of hydrogen-bond acceptors (Lipinski definition) is 6. The Kier molecular flexibility index (Phi) is 6.87. The van der Waals surface area contributed by atoms with E-state index in [9.17, 15) is 19.8 Å². The number of halogens is 1. The zero-order valence-corrected chi connectivity index (χ0v) is 18.4. The number of para-hydroxylation sites is 1. The molecule has 1 amide bonds. The number of aliphatic hydroxyl groups excluding tert-OH is 1. The summed E-state index contributed by atoms with van der Waals surface area (Å²) in [6.07, 6.45) is 0.633. The molecule has 164 valence electrons. The van der Waals surface area contributed by atoms with Gasteiger partial charge in [0.2, 0.25) is 0 Å². The van der Waals surface area contributed by atoms with E-state index >= 15 is 0 Å². The molecule has 1 atom stereocenters. The number of nitrogens with zero attached hydrogens (tertiary/aromatic N) is 2. The maximum absolute atomic E-state index is 13.0. The fraction of sp³-hybridized carbons (Fsp3) is 0.304. The lowest BCUT2D eigenvalue weighted by atomic mass is 9.94. The number of carbonyl (C=O) groups is 2. The van der Waals surface area contributed by atoms with Gasteiger partial charge in [-0.3, -0.25) is 9.59 Å². The van der Waals surface area contributed by atoms with Crippen molar-refractivity contribution in [1.82, 2.24) is 9.80 Å². The molecule has 31 heavy (non-hydrogen) atoms. The third-order valence-electron chi connectivity index (χ3n) is 5.19. The zero-order chi connectivity index (χ0) is 22.7. The topological polar surface area (TPSA) is 90.3 Å². The number of benzene rings is 2. The van der Waals surface area contributed by atoms with E-state index in [-0.39, 0.29) is 21.9 Å². The summed E-state index contributed by atoms with van der Waals surface area (Å²) in [4.78, 5) is 29.4. The van der Waals surface area contributed by atoms with Crippen LogP contribution >= 0.6 is 11.6 Å². The van der Waals surface area contributed by atoms with Gasteiger partial charge in [0.15, 0.2) is 0 Å². The van der Waals surface area contributed by atoms with Gasteiger partial charge in [-0.2, -0.15) is 0 Å². The molecule has 2 N–H and O–H groups in total. The highest BCUT2D eigenvalue weighted by molar-refractivity contribution is 6.46. The molecule has 1 heterocycles. The van der Waals surface area contributed by atoms with Crippen LogP contribution in [0.2, 0.25) is 5.02 Å². The van der Waals surface area contributed by atoms with Crippen molar-refractivity contribution >= 4 is 29.1 Å². The van der Waals surface area contributed by atoms with Gasteiger partial charge in [0, 0.05) is 17.1 Å². The number of methoxy groups -OCH3 is 1. The Morgan fingerprint density at radius 2 is 1.90 bits per heavy atom. The van der Waals surface area contributed by atoms with Gasteiger partial charge in [-0.05, 0) is 51.3 Å². The second-order valence-electron chi connectivity index (χ2n) is 7.55. The third-order valence-corrected chi connectivity index (χ3v) is 5.43. The molecule has 0 bridgehead atoms. The van der Waals surface area contributed by atoms with Crippen LogP contribution in [0, 0.1) is 0 Å². The summed E-state index contributed by atoms with van der Waals surface area (Å²) in [6, 6.07) is 10.3. The minimum absolute atomic E-state index is 0.0151. The fourth-order valence-electron chi connectivity index (χ4n) is 3.73. The predicted molar refractivity (Wildman–Crippen MR) is 118 cm³/mol. The number of rotatable bonds is 7. The highest BCUT2D eigenvalue weighted by Crippen LogP contribution is 2.43. The molecule has 0 unspecified atom stereocenters. The smallest absolute Gasteiger partial charge is 0.295 e. The summed E-state index contributed by atoms with van der Waals surface area (Å²) in [5.74, 6) is -1.78. The first-order valence-corrected chi connectivity index (χ1v) is 10.2. The highest BCUT2D eigenvalue weighted by Gasteiger charge is 2.47. The van der Waals surface area contributed by atoms with Gasteiger partial charge in [-0.15, -0.1) is 0 Å². The minimum atomic E-state index is -0.864. The van der Waals surface area contributed by atoms with E-state index in [1.165, 1.54) is 30.2 Å². The van der Waals surface area contributed by atoms with Crippen molar-refractivity contribution in [2.45, 2.75) is 12.5 Å². The van der Waals surface area contributed by atoms with E-state index in [2.05, 4.69) is 0 Å². The van der Waals surface area contributed by atoms with Crippen molar-refractivity contribution in [3.8, 4) is 11.5 Å². The Morgan fingerprint density at radius 3 is 2.58 bits per heavy atom. The monoisotopic (exact) mass is 444 g/mol. The van der Waals surface area contributed by atoms with Gasteiger partial charge in [0.25, 0.3) is 11.7 Å². The average Bonchev–Trinajstić information content (AvgIpc) is 2.99. The van der Waals surface area contributed by atoms with E-state index < -0.39 is 23.5 Å². The van der Waals surface area contributed by atoms with Crippen molar-refractivity contribution in [2.24, 2.45) is 0 Å². The average molecular weight is 445 g/mol. The number of amides is 1. The highest BCUT2D eigenvalue weighted by atomic mass is 35.5. The molecule has 1 aliphatic rings. The standard InChI is InChI=1S/C23H25ClN2O5/c1-25(2)11-6-12-26-20(15-7-4-5-8-18(15)31-3)19(22(29)23(26)30)21(28)16-13-14(24)9-10-17(16)27/h4-5,7-10,13,20,27-28H,6,11-12H2,1-3H3/t20-/m1/s1. The second kappa shape index (κ2) is 9.41. The van der Waals surface area contributed by atoms with Gasteiger partial charge in [-0.1, -0.05) is 29.8 Å². The molecule has 0 radical (unpaired) electrons. The number of likely N-dealkylation sites (tertiary alicyclic amines) is 1. The molecule has 0 aromatic heterocycles. The van der Waals surface area contributed by atoms with Crippen LogP contribution in [0.15, 0.2) is 48.0 Å². The number of ether oxygens (including phenoxy) is 1. The Morgan fingerprint density at radius 1 is 1.19 bits per heavy atom. The van der Waals surface area contributed by atoms with Crippen molar-refractivity contribution in [2.75, 3.05) is 34.3 Å². The van der Waals surface area contributed by atoms with Crippen LogP contribution in [0.5, 0.6) is 11.5 Å². The largest absolute Gasteiger partial charge is 0.507 e. The van der Waals surface area contributed by atoms with Crippen molar-refractivity contribution in [3.63, 3.8) is 0 Å². The van der Waals surface area contributed by atoms with E-state index in [0.717, 1.165) is 6.54 Å². The van der Waals surface area contributed by atoms with Gasteiger partial charge in [0.05, 0.1) is 24.3 Å². The Bertz CT molecular complexity index is 1030. The first kappa shape index (κ1) is 22.7. The van der Waals surface area contributed by atoms with E-state index in [4.69, 9.17) is 16.3 Å².